The quantitative estimate of drug-likeness (QED) is 0.903. The molecule has 6 nitrogen and oxygen atoms in total. The van der Waals surface area contributed by atoms with E-state index >= 15 is 0 Å². The molecule has 7 heteroatoms. The first-order valence-electron chi connectivity index (χ1n) is 7.43. The summed E-state index contributed by atoms with van der Waals surface area (Å²) in [6, 6.07) is 1.80. The number of nitrogens with one attached hydrogen (secondary N) is 1. The number of anilines is 1. The molecule has 0 radical (unpaired) electrons. The number of aromatic nitrogens is 3. The summed E-state index contributed by atoms with van der Waals surface area (Å²) in [5.41, 5.74) is 0. The molecule has 3 heterocycles. The minimum atomic E-state index is 0.0156. The molecule has 0 bridgehead atoms. The van der Waals surface area contributed by atoms with Gasteiger partial charge >= 0.3 is 0 Å². The van der Waals surface area contributed by atoms with E-state index < -0.39 is 0 Å². The van der Waals surface area contributed by atoms with Crippen LogP contribution >= 0.6 is 11.3 Å². The van der Waals surface area contributed by atoms with E-state index in [9.17, 15) is 4.79 Å². The van der Waals surface area contributed by atoms with Crippen molar-refractivity contribution in [1.29, 1.82) is 0 Å². The van der Waals surface area contributed by atoms with Crippen LogP contribution in [0, 0.1) is 12.8 Å². The van der Waals surface area contributed by atoms with Gasteiger partial charge in [0.2, 0.25) is 11.9 Å². The summed E-state index contributed by atoms with van der Waals surface area (Å²) in [5, 5.41) is 4.09. The van der Waals surface area contributed by atoms with E-state index in [-0.39, 0.29) is 11.8 Å². The van der Waals surface area contributed by atoms with Gasteiger partial charge in [-0.1, -0.05) is 0 Å². The Morgan fingerprint density at radius 1 is 1.41 bits per heavy atom. The standard InChI is InChI=1S/C15H19N5OS/c1-11-9-19-13(22-11)3-7-16-14(21)12-4-8-20(10-12)15-17-5-2-6-18-15/h2,5-6,9,12H,3-4,7-8,10H2,1H3,(H,16,21). The molecule has 2 aromatic heterocycles. The first kappa shape index (κ1) is 14.9. The lowest BCUT2D eigenvalue weighted by Gasteiger charge is -2.15. The van der Waals surface area contributed by atoms with Gasteiger partial charge in [0.05, 0.1) is 10.9 Å². The van der Waals surface area contributed by atoms with Gasteiger partial charge in [0, 0.05) is 49.5 Å². The zero-order valence-electron chi connectivity index (χ0n) is 12.5. The number of thiazole rings is 1. The molecule has 3 rings (SSSR count). The van der Waals surface area contributed by atoms with Crippen molar-refractivity contribution in [3.8, 4) is 0 Å². The van der Waals surface area contributed by atoms with E-state index in [2.05, 4.69) is 25.2 Å². The van der Waals surface area contributed by atoms with Crippen molar-refractivity contribution in [2.75, 3.05) is 24.5 Å². The Bertz CT molecular complexity index is 630. The fourth-order valence-electron chi connectivity index (χ4n) is 2.56. The molecule has 0 spiro atoms. The summed E-state index contributed by atoms with van der Waals surface area (Å²) in [5.74, 6) is 0.838. The van der Waals surface area contributed by atoms with Crippen LogP contribution in [0.1, 0.15) is 16.3 Å². The molecule has 0 aromatic carbocycles. The van der Waals surface area contributed by atoms with Gasteiger partial charge in [0.15, 0.2) is 0 Å². The van der Waals surface area contributed by atoms with Crippen LogP contribution in [0.15, 0.2) is 24.7 Å². The summed E-state index contributed by atoms with van der Waals surface area (Å²) < 4.78 is 0. The van der Waals surface area contributed by atoms with Crippen LogP contribution in [0.4, 0.5) is 5.95 Å². The molecule has 1 atom stereocenters. The summed E-state index contributed by atoms with van der Waals surface area (Å²) in [7, 11) is 0. The number of carbonyl (C=O) groups is 1. The summed E-state index contributed by atoms with van der Waals surface area (Å²) in [6.07, 6.45) is 6.97. The van der Waals surface area contributed by atoms with Crippen LogP contribution in [0.3, 0.4) is 0 Å². The minimum Gasteiger partial charge on any atom is -0.355 e. The van der Waals surface area contributed by atoms with Gasteiger partial charge in [-0.15, -0.1) is 11.3 Å². The molecular weight excluding hydrogens is 298 g/mol. The Kier molecular flexibility index (Phi) is 4.62. The maximum atomic E-state index is 12.2. The predicted molar refractivity (Wildman–Crippen MR) is 85.9 cm³/mol. The van der Waals surface area contributed by atoms with Crippen LogP contribution < -0.4 is 10.2 Å². The van der Waals surface area contributed by atoms with Crippen molar-refractivity contribution in [1.82, 2.24) is 20.3 Å². The van der Waals surface area contributed by atoms with Crippen molar-refractivity contribution in [3.05, 3.63) is 34.5 Å². The second kappa shape index (κ2) is 6.83. The van der Waals surface area contributed by atoms with E-state index in [4.69, 9.17) is 0 Å². The van der Waals surface area contributed by atoms with Crippen LogP contribution in [0.2, 0.25) is 0 Å². The molecular formula is C15H19N5OS. The molecule has 116 valence electrons. The number of rotatable bonds is 5. The second-order valence-corrected chi connectivity index (χ2v) is 6.71. The Labute approximate surface area is 133 Å². The van der Waals surface area contributed by atoms with Gasteiger partial charge in [-0.05, 0) is 19.4 Å². The Hall–Kier alpha value is -2.02. The molecule has 22 heavy (non-hydrogen) atoms. The molecule has 1 aliphatic heterocycles. The van der Waals surface area contributed by atoms with Crippen LogP contribution in [-0.4, -0.2) is 40.5 Å². The van der Waals surface area contributed by atoms with Gasteiger partial charge in [0.25, 0.3) is 0 Å². The third-order valence-corrected chi connectivity index (χ3v) is 4.67. The van der Waals surface area contributed by atoms with Gasteiger partial charge in [-0.2, -0.15) is 0 Å². The topological polar surface area (TPSA) is 71.0 Å². The zero-order chi connectivity index (χ0) is 15.4. The lowest BCUT2D eigenvalue weighted by Crippen LogP contribution is -2.34. The second-order valence-electron chi connectivity index (χ2n) is 5.39. The highest BCUT2D eigenvalue weighted by Gasteiger charge is 2.29. The molecule has 1 N–H and O–H groups in total. The summed E-state index contributed by atoms with van der Waals surface area (Å²) >= 11 is 1.68. The maximum Gasteiger partial charge on any atom is 0.225 e. The average Bonchev–Trinajstić information content (AvgIpc) is 3.17. The highest BCUT2D eigenvalue weighted by Crippen LogP contribution is 2.20. The normalized spacial score (nSPS) is 17.7. The van der Waals surface area contributed by atoms with E-state index in [1.54, 1.807) is 29.8 Å². The smallest absolute Gasteiger partial charge is 0.225 e. The largest absolute Gasteiger partial charge is 0.355 e. The van der Waals surface area contributed by atoms with Crippen molar-refractivity contribution < 1.29 is 4.79 Å². The van der Waals surface area contributed by atoms with Gasteiger partial charge in [-0.3, -0.25) is 4.79 Å². The molecule has 0 saturated carbocycles. The minimum absolute atomic E-state index is 0.0156. The highest BCUT2D eigenvalue weighted by atomic mass is 32.1. The van der Waals surface area contributed by atoms with Crippen molar-refractivity contribution in [3.63, 3.8) is 0 Å². The Morgan fingerprint density at radius 2 is 2.23 bits per heavy atom. The summed E-state index contributed by atoms with van der Waals surface area (Å²) in [6.45, 7) is 4.20. The number of carbonyl (C=O) groups excluding carboxylic acids is 1. The number of nitrogens with zero attached hydrogens (tertiary/aromatic N) is 4. The van der Waals surface area contributed by atoms with Crippen molar-refractivity contribution >= 4 is 23.2 Å². The fourth-order valence-corrected chi connectivity index (χ4v) is 3.35. The molecule has 1 aliphatic rings. The molecule has 1 saturated heterocycles. The third kappa shape index (κ3) is 3.59. The van der Waals surface area contributed by atoms with Crippen LogP contribution in [0.25, 0.3) is 0 Å². The Balaban J connectivity index is 1.45. The molecule has 1 unspecified atom stereocenters. The maximum absolute atomic E-state index is 12.2. The lowest BCUT2D eigenvalue weighted by molar-refractivity contribution is -0.124. The van der Waals surface area contributed by atoms with E-state index in [0.717, 1.165) is 24.4 Å². The van der Waals surface area contributed by atoms with E-state index in [1.807, 2.05) is 13.1 Å². The molecule has 2 aromatic rings. The SMILES string of the molecule is Cc1cnc(CCNC(=O)C2CCN(c3ncccn3)C2)s1. The van der Waals surface area contributed by atoms with E-state index in [0.29, 0.717) is 19.0 Å². The highest BCUT2D eigenvalue weighted by molar-refractivity contribution is 7.11. The number of aryl methyl sites for hydroxylation is 1. The van der Waals surface area contributed by atoms with Crippen LogP contribution in [0.5, 0.6) is 0 Å². The number of hydrogen-bond acceptors (Lipinski definition) is 6. The summed E-state index contributed by atoms with van der Waals surface area (Å²) in [4.78, 5) is 28.3. The first-order valence-corrected chi connectivity index (χ1v) is 8.25. The predicted octanol–water partition coefficient (Wildman–Crippen LogP) is 1.43. The molecule has 1 amide bonds. The fraction of sp³-hybridized carbons (Fsp3) is 0.467. The average molecular weight is 317 g/mol. The van der Waals surface area contributed by atoms with E-state index in [1.165, 1.54) is 4.88 Å². The first-order chi connectivity index (χ1) is 10.7. The number of amides is 1. The monoisotopic (exact) mass is 317 g/mol. The Morgan fingerprint density at radius 3 is 2.95 bits per heavy atom. The van der Waals surface area contributed by atoms with Crippen LogP contribution in [-0.2, 0) is 11.2 Å². The van der Waals surface area contributed by atoms with Gasteiger partial charge < -0.3 is 10.2 Å². The molecule has 0 aliphatic carbocycles. The van der Waals surface area contributed by atoms with Crippen molar-refractivity contribution in [2.24, 2.45) is 5.92 Å². The number of hydrogen-bond donors (Lipinski definition) is 1. The van der Waals surface area contributed by atoms with Gasteiger partial charge in [-0.25, -0.2) is 15.0 Å². The van der Waals surface area contributed by atoms with Gasteiger partial charge in [0.1, 0.15) is 0 Å². The van der Waals surface area contributed by atoms with Crippen molar-refractivity contribution in [2.45, 2.75) is 19.8 Å². The molecule has 1 fully saturated rings. The lowest BCUT2D eigenvalue weighted by atomic mass is 10.1. The zero-order valence-corrected chi connectivity index (χ0v) is 13.3. The third-order valence-electron chi connectivity index (χ3n) is 3.70.